The van der Waals surface area contributed by atoms with E-state index in [2.05, 4.69) is 9.97 Å². The molecule has 20 heavy (non-hydrogen) atoms. The molecule has 0 radical (unpaired) electrons. The van der Waals surface area contributed by atoms with E-state index in [0.717, 1.165) is 23.4 Å². The van der Waals surface area contributed by atoms with E-state index < -0.39 is 11.9 Å². The molecule has 3 nitrogen and oxygen atoms in total. The maximum absolute atomic E-state index is 12.6. The lowest BCUT2D eigenvalue weighted by Crippen LogP contribution is -2.21. The molecule has 0 spiro atoms. The van der Waals surface area contributed by atoms with Crippen LogP contribution >= 0.6 is 0 Å². The lowest BCUT2D eigenvalue weighted by Gasteiger charge is -2.19. The molecule has 0 N–H and O–H groups in total. The van der Waals surface area contributed by atoms with Gasteiger partial charge in [0.2, 0.25) is 5.95 Å². The van der Waals surface area contributed by atoms with E-state index in [-0.39, 0.29) is 5.95 Å². The Labute approximate surface area is 115 Å². The van der Waals surface area contributed by atoms with Crippen molar-refractivity contribution in [3.63, 3.8) is 0 Å². The lowest BCUT2D eigenvalue weighted by molar-refractivity contribution is -0.141. The molecule has 2 aromatic rings. The third-order valence-electron chi connectivity index (χ3n) is 2.94. The Hall–Kier alpha value is -2.11. The van der Waals surface area contributed by atoms with Crippen molar-refractivity contribution in [3.05, 3.63) is 53.3 Å². The van der Waals surface area contributed by atoms with Crippen LogP contribution in [0, 0.1) is 6.92 Å². The van der Waals surface area contributed by atoms with E-state index in [9.17, 15) is 13.2 Å². The van der Waals surface area contributed by atoms with Crippen LogP contribution in [0.2, 0.25) is 0 Å². The molecule has 1 heterocycles. The van der Waals surface area contributed by atoms with E-state index in [0.29, 0.717) is 6.54 Å². The molecule has 0 unspecified atom stereocenters. The average molecular weight is 281 g/mol. The number of hydrogen-bond donors (Lipinski definition) is 0. The van der Waals surface area contributed by atoms with Crippen LogP contribution in [-0.2, 0) is 12.7 Å². The van der Waals surface area contributed by atoms with Crippen molar-refractivity contribution in [2.45, 2.75) is 19.6 Å². The Morgan fingerprint density at radius 3 is 2.50 bits per heavy atom. The number of aryl methyl sites for hydroxylation is 1. The summed E-state index contributed by atoms with van der Waals surface area (Å²) < 4.78 is 37.8. The first-order valence-electron chi connectivity index (χ1n) is 6.04. The van der Waals surface area contributed by atoms with Crippen LogP contribution in [0.3, 0.4) is 0 Å². The van der Waals surface area contributed by atoms with E-state index in [1.54, 1.807) is 11.9 Å². The minimum atomic E-state index is -4.46. The first-order valence-corrected chi connectivity index (χ1v) is 6.04. The smallest absolute Gasteiger partial charge is 0.340 e. The summed E-state index contributed by atoms with van der Waals surface area (Å²) in [5.74, 6) is 0.0584. The Balaban J connectivity index is 2.22. The summed E-state index contributed by atoms with van der Waals surface area (Å²) in [6.07, 6.45) is -3.33. The van der Waals surface area contributed by atoms with Gasteiger partial charge in [0.25, 0.3) is 0 Å². The molecule has 0 bridgehead atoms. The Morgan fingerprint density at radius 2 is 1.85 bits per heavy atom. The summed E-state index contributed by atoms with van der Waals surface area (Å²) in [5.41, 5.74) is 1.17. The van der Waals surface area contributed by atoms with Gasteiger partial charge in [-0.3, -0.25) is 0 Å². The first kappa shape index (κ1) is 14.3. The molecule has 0 atom stereocenters. The Bertz CT molecular complexity index is 596. The second kappa shape index (κ2) is 5.48. The maximum atomic E-state index is 12.6. The summed E-state index contributed by atoms with van der Waals surface area (Å²) in [6.45, 7) is 2.41. The van der Waals surface area contributed by atoms with E-state index >= 15 is 0 Å². The molecule has 0 aliphatic carbocycles. The fourth-order valence-corrected chi connectivity index (χ4v) is 1.80. The van der Waals surface area contributed by atoms with Gasteiger partial charge in [0.05, 0.1) is 0 Å². The summed E-state index contributed by atoms with van der Waals surface area (Å²) in [4.78, 5) is 9.05. The summed E-state index contributed by atoms with van der Waals surface area (Å²) in [5, 5.41) is 0. The van der Waals surface area contributed by atoms with E-state index in [1.807, 2.05) is 31.2 Å². The lowest BCUT2D eigenvalue weighted by atomic mass is 10.1. The van der Waals surface area contributed by atoms with Crippen LogP contribution in [0.25, 0.3) is 0 Å². The van der Waals surface area contributed by atoms with Crippen LogP contribution in [0.4, 0.5) is 19.1 Å². The zero-order valence-corrected chi connectivity index (χ0v) is 11.1. The van der Waals surface area contributed by atoms with Gasteiger partial charge in [0.15, 0.2) is 0 Å². The molecule has 0 amide bonds. The number of nitrogens with zero attached hydrogens (tertiary/aromatic N) is 3. The first-order chi connectivity index (χ1) is 9.38. The fraction of sp³-hybridized carbons (Fsp3) is 0.286. The molecule has 0 aliphatic rings. The van der Waals surface area contributed by atoms with Gasteiger partial charge in [0, 0.05) is 19.8 Å². The molecule has 0 fully saturated rings. The molecule has 2 rings (SSSR count). The normalized spacial score (nSPS) is 11.4. The largest absolute Gasteiger partial charge is 0.433 e. The third kappa shape index (κ3) is 3.26. The van der Waals surface area contributed by atoms with Crippen LogP contribution in [-0.4, -0.2) is 17.0 Å². The zero-order valence-electron chi connectivity index (χ0n) is 11.1. The quantitative estimate of drug-likeness (QED) is 0.863. The fourth-order valence-electron chi connectivity index (χ4n) is 1.80. The molecule has 0 saturated heterocycles. The second-order valence-electron chi connectivity index (χ2n) is 4.52. The average Bonchev–Trinajstić information content (AvgIpc) is 2.40. The topological polar surface area (TPSA) is 29.0 Å². The van der Waals surface area contributed by atoms with E-state index in [1.165, 1.54) is 0 Å². The molecule has 6 heteroatoms. The Morgan fingerprint density at radius 1 is 1.15 bits per heavy atom. The number of hydrogen-bond acceptors (Lipinski definition) is 3. The predicted octanol–water partition coefficient (Wildman–Crippen LogP) is 3.44. The van der Waals surface area contributed by atoms with Crippen LogP contribution < -0.4 is 4.90 Å². The van der Waals surface area contributed by atoms with Crippen molar-refractivity contribution in [3.8, 4) is 0 Å². The highest BCUT2D eigenvalue weighted by Crippen LogP contribution is 2.28. The van der Waals surface area contributed by atoms with Gasteiger partial charge in [0.1, 0.15) is 5.69 Å². The Kier molecular flexibility index (Phi) is 3.92. The molecule has 0 aliphatic heterocycles. The van der Waals surface area contributed by atoms with Gasteiger partial charge in [-0.2, -0.15) is 13.2 Å². The maximum Gasteiger partial charge on any atom is 0.433 e. The molecule has 106 valence electrons. The molecule has 0 saturated carbocycles. The summed E-state index contributed by atoms with van der Waals surface area (Å²) in [7, 11) is 1.67. The molecular formula is C14H14F3N3. The van der Waals surface area contributed by atoms with Gasteiger partial charge >= 0.3 is 6.18 Å². The van der Waals surface area contributed by atoms with Crippen molar-refractivity contribution in [2.75, 3.05) is 11.9 Å². The van der Waals surface area contributed by atoms with Gasteiger partial charge in [-0.15, -0.1) is 0 Å². The highest BCUT2D eigenvalue weighted by molar-refractivity contribution is 5.34. The molecule has 1 aromatic heterocycles. The predicted molar refractivity (Wildman–Crippen MR) is 70.3 cm³/mol. The highest BCUT2D eigenvalue weighted by atomic mass is 19.4. The SMILES string of the molecule is Cc1ccccc1CN(C)c1nccc(C(F)(F)F)n1. The van der Waals surface area contributed by atoms with E-state index in [4.69, 9.17) is 0 Å². The van der Waals surface area contributed by atoms with Gasteiger partial charge < -0.3 is 4.90 Å². The van der Waals surface area contributed by atoms with Crippen molar-refractivity contribution in [1.29, 1.82) is 0 Å². The second-order valence-corrected chi connectivity index (χ2v) is 4.52. The number of benzene rings is 1. The van der Waals surface area contributed by atoms with Crippen LogP contribution in [0.15, 0.2) is 36.5 Å². The van der Waals surface area contributed by atoms with Crippen molar-refractivity contribution in [1.82, 2.24) is 9.97 Å². The molecular weight excluding hydrogens is 267 g/mol. The third-order valence-corrected chi connectivity index (χ3v) is 2.94. The van der Waals surface area contributed by atoms with Gasteiger partial charge in [-0.1, -0.05) is 24.3 Å². The number of anilines is 1. The van der Waals surface area contributed by atoms with Crippen molar-refractivity contribution >= 4 is 5.95 Å². The standard InChI is InChI=1S/C14H14F3N3/c1-10-5-3-4-6-11(10)9-20(2)13-18-8-7-12(19-13)14(15,16)17/h3-8H,9H2,1-2H3. The highest BCUT2D eigenvalue weighted by Gasteiger charge is 2.33. The summed E-state index contributed by atoms with van der Waals surface area (Å²) in [6, 6.07) is 8.56. The zero-order chi connectivity index (χ0) is 14.8. The minimum Gasteiger partial charge on any atom is -0.340 e. The monoisotopic (exact) mass is 281 g/mol. The number of aromatic nitrogens is 2. The summed E-state index contributed by atoms with van der Waals surface area (Å²) >= 11 is 0. The minimum absolute atomic E-state index is 0.0584. The van der Waals surface area contributed by atoms with Crippen LogP contribution in [0.5, 0.6) is 0 Å². The number of alkyl halides is 3. The number of halogens is 3. The molecule has 1 aromatic carbocycles. The van der Waals surface area contributed by atoms with Crippen LogP contribution in [0.1, 0.15) is 16.8 Å². The number of rotatable bonds is 3. The van der Waals surface area contributed by atoms with Gasteiger partial charge in [-0.25, -0.2) is 9.97 Å². The van der Waals surface area contributed by atoms with Crippen molar-refractivity contribution in [2.24, 2.45) is 0 Å². The van der Waals surface area contributed by atoms with Crippen molar-refractivity contribution < 1.29 is 13.2 Å². The van der Waals surface area contributed by atoms with Gasteiger partial charge in [-0.05, 0) is 24.1 Å².